The van der Waals surface area contributed by atoms with E-state index in [2.05, 4.69) is 15.5 Å². The Balaban J connectivity index is 1.14. The number of nitrogens with zero attached hydrogens (tertiary/aromatic N) is 5. The molecule has 2 amide bonds. The molecule has 16 heteroatoms. The van der Waals surface area contributed by atoms with E-state index in [-0.39, 0.29) is 36.7 Å². The number of pyridine rings is 1. The second-order valence-corrected chi connectivity index (χ2v) is 16.1. The number of rotatable bonds is 12. The number of aliphatic hydroxyl groups is 1. The van der Waals surface area contributed by atoms with Gasteiger partial charge in [-0.05, 0) is 65.7 Å². The first-order chi connectivity index (χ1) is 25.8. The van der Waals surface area contributed by atoms with Gasteiger partial charge in [0.1, 0.15) is 22.1 Å². The maximum Gasteiger partial charge on any atom is 0.407 e. The first-order valence-electron chi connectivity index (χ1n) is 18.0. The molecule has 3 aromatic heterocycles. The molecule has 5 heterocycles. The number of piperidine rings is 1. The fourth-order valence-electron chi connectivity index (χ4n) is 6.85. The molecular formula is C38H48ClN7O7S. The predicted octanol–water partition coefficient (Wildman–Crippen LogP) is 5.44. The molecule has 2 aliphatic heterocycles. The van der Waals surface area contributed by atoms with Crippen molar-refractivity contribution in [1.29, 1.82) is 0 Å². The number of benzene rings is 1. The van der Waals surface area contributed by atoms with Crippen molar-refractivity contribution >= 4 is 46.8 Å². The van der Waals surface area contributed by atoms with Crippen LogP contribution in [0.15, 0.2) is 52.6 Å². The van der Waals surface area contributed by atoms with E-state index in [1.807, 2.05) is 75.7 Å². The van der Waals surface area contributed by atoms with Crippen molar-refractivity contribution < 1.29 is 33.6 Å². The highest BCUT2D eigenvalue weighted by molar-refractivity contribution is 7.99. The van der Waals surface area contributed by atoms with E-state index in [1.54, 1.807) is 13.2 Å². The molecule has 0 bridgehead atoms. The zero-order valence-corrected chi connectivity index (χ0v) is 33.1. The van der Waals surface area contributed by atoms with Crippen LogP contribution in [0.5, 0.6) is 5.75 Å². The average molecular weight is 782 g/mol. The molecule has 0 radical (unpaired) electrons. The smallest absolute Gasteiger partial charge is 0.407 e. The maximum atomic E-state index is 12.7. The Morgan fingerprint density at radius 1 is 1.17 bits per heavy atom. The third kappa shape index (κ3) is 9.03. The number of anilines is 1. The van der Waals surface area contributed by atoms with Crippen molar-refractivity contribution in [2.45, 2.75) is 81.7 Å². The van der Waals surface area contributed by atoms with Crippen LogP contribution in [0.25, 0.3) is 16.9 Å². The van der Waals surface area contributed by atoms with Gasteiger partial charge in [0.25, 0.3) is 5.91 Å². The molecule has 0 unspecified atom stereocenters. The van der Waals surface area contributed by atoms with Gasteiger partial charge in [-0.15, -0.1) is 0 Å². The Morgan fingerprint density at radius 3 is 2.67 bits per heavy atom. The summed E-state index contributed by atoms with van der Waals surface area (Å²) in [5.74, 6) is 0.952. The van der Waals surface area contributed by atoms with Crippen LogP contribution >= 0.6 is 23.4 Å². The van der Waals surface area contributed by atoms with E-state index in [1.165, 1.54) is 11.8 Å². The van der Waals surface area contributed by atoms with Gasteiger partial charge in [-0.2, -0.15) is 0 Å². The Labute approximate surface area is 324 Å². The normalized spacial score (nSPS) is 18.3. The number of hydrogen-bond donors (Lipinski definition) is 3. The molecule has 3 N–H and O–H groups in total. The molecule has 2 aliphatic rings. The van der Waals surface area contributed by atoms with E-state index in [9.17, 15) is 14.7 Å². The van der Waals surface area contributed by atoms with E-state index >= 15 is 0 Å². The van der Waals surface area contributed by atoms with Gasteiger partial charge in [-0.25, -0.2) is 19.7 Å². The van der Waals surface area contributed by atoms with Crippen molar-refractivity contribution in [2.24, 2.45) is 5.41 Å². The third-order valence-corrected chi connectivity index (χ3v) is 11.2. The molecule has 1 spiro atoms. The van der Waals surface area contributed by atoms with Crippen LogP contribution in [0, 0.1) is 12.3 Å². The van der Waals surface area contributed by atoms with Crippen LogP contribution in [0.1, 0.15) is 51.9 Å². The third-order valence-electron chi connectivity index (χ3n) is 9.59. The van der Waals surface area contributed by atoms with Gasteiger partial charge >= 0.3 is 6.09 Å². The summed E-state index contributed by atoms with van der Waals surface area (Å²) in [4.78, 5) is 42.3. The molecule has 2 saturated heterocycles. The summed E-state index contributed by atoms with van der Waals surface area (Å²) < 4.78 is 24.1. The molecule has 2 atom stereocenters. The first kappa shape index (κ1) is 39.5. The van der Waals surface area contributed by atoms with Crippen molar-refractivity contribution in [1.82, 2.24) is 30.0 Å². The molecule has 0 saturated carbocycles. The Bertz CT molecular complexity index is 1980. The van der Waals surface area contributed by atoms with Crippen molar-refractivity contribution in [3.8, 4) is 17.0 Å². The van der Waals surface area contributed by atoms with Crippen LogP contribution in [-0.2, 0) is 25.6 Å². The summed E-state index contributed by atoms with van der Waals surface area (Å²) >= 11 is 8.32. The molecule has 0 aliphatic carbocycles. The van der Waals surface area contributed by atoms with Crippen molar-refractivity contribution in [3.05, 3.63) is 59.1 Å². The Morgan fingerprint density at radius 2 is 1.94 bits per heavy atom. The van der Waals surface area contributed by atoms with Crippen molar-refractivity contribution in [3.63, 3.8) is 0 Å². The lowest BCUT2D eigenvalue weighted by Gasteiger charge is -2.43. The van der Waals surface area contributed by atoms with Crippen molar-refractivity contribution in [2.75, 3.05) is 51.5 Å². The number of alkyl carbamates (subject to hydrolysis) is 1. The van der Waals surface area contributed by atoms with Crippen LogP contribution in [-0.4, -0.2) is 101 Å². The highest BCUT2D eigenvalue weighted by Gasteiger charge is 2.50. The molecular weight excluding hydrogens is 734 g/mol. The molecule has 14 nitrogen and oxygen atoms in total. The number of hydrogen-bond acceptors (Lipinski definition) is 12. The fourth-order valence-corrected chi connectivity index (χ4v) is 8.03. The summed E-state index contributed by atoms with van der Waals surface area (Å²) in [6.07, 6.45) is 4.73. The minimum Gasteiger partial charge on any atom is -0.484 e. The number of halogens is 1. The van der Waals surface area contributed by atoms with Gasteiger partial charge in [-0.3, -0.25) is 4.79 Å². The van der Waals surface area contributed by atoms with E-state index in [0.717, 1.165) is 23.3 Å². The molecule has 6 rings (SSSR count). The van der Waals surface area contributed by atoms with Gasteiger partial charge < -0.3 is 44.0 Å². The van der Waals surface area contributed by atoms with Gasteiger partial charge in [0.05, 0.1) is 48.4 Å². The summed E-state index contributed by atoms with van der Waals surface area (Å²) in [5, 5.41) is 17.3. The summed E-state index contributed by atoms with van der Waals surface area (Å²) in [6, 6.07) is 9.09. The Kier molecular flexibility index (Phi) is 12.2. The highest BCUT2D eigenvalue weighted by atomic mass is 35.5. The van der Waals surface area contributed by atoms with Crippen LogP contribution in [0.3, 0.4) is 0 Å². The fraction of sp³-hybridized carbons (Fsp3) is 0.500. The molecule has 54 heavy (non-hydrogen) atoms. The second-order valence-electron chi connectivity index (χ2n) is 14.6. The second kappa shape index (κ2) is 16.7. The number of carbonyl (C=O) groups is 2. The summed E-state index contributed by atoms with van der Waals surface area (Å²) in [6.45, 7) is 11.8. The summed E-state index contributed by atoms with van der Waals surface area (Å²) in [5.41, 5.74) is 2.42. The van der Waals surface area contributed by atoms with Crippen LogP contribution in [0.2, 0.25) is 5.02 Å². The van der Waals surface area contributed by atoms with Crippen LogP contribution in [0.4, 0.5) is 10.6 Å². The SMILES string of the molecule is COCCNC(=O)COc1cccc(-c2cn3ccc(Sc4nc(CO)c(N5CCC6(CC5)CO[C@@H](C)[C@H]6NC(=O)OC(C)(C)C)nc4C)c(Cl)c3n2)c1. The lowest BCUT2D eigenvalue weighted by atomic mass is 9.73. The summed E-state index contributed by atoms with van der Waals surface area (Å²) in [7, 11) is 1.58. The zero-order valence-electron chi connectivity index (χ0n) is 31.5. The Hall–Kier alpha value is -4.15. The number of imidazole rings is 1. The van der Waals surface area contributed by atoms with Gasteiger partial charge in [0, 0.05) is 55.0 Å². The number of nitrogens with one attached hydrogen (secondary N) is 2. The van der Waals surface area contributed by atoms with E-state index < -0.39 is 11.7 Å². The average Bonchev–Trinajstić information content (AvgIpc) is 3.71. The highest BCUT2D eigenvalue weighted by Crippen LogP contribution is 2.44. The van der Waals surface area contributed by atoms with E-state index in [0.29, 0.717) is 77.2 Å². The largest absolute Gasteiger partial charge is 0.484 e. The topological polar surface area (TPSA) is 162 Å². The quantitative estimate of drug-likeness (QED) is 0.157. The number of aliphatic hydroxyl groups excluding tert-OH is 1. The minimum absolute atomic E-state index is 0.116. The number of methoxy groups -OCH3 is 1. The number of aromatic nitrogens is 4. The lowest BCUT2D eigenvalue weighted by molar-refractivity contribution is -0.123. The lowest BCUT2D eigenvalue weighted by Crippen LogP contribution is -2.55. The number of fused-ring (bicyclic) bond motifs is 1. The predicted molar refractivity (Wildman–Crippen MR) is 205 cm³/mol. The van der Waals surface area contributed by atoms with Crippen LogP contribution < -0.4 is 20.3 Å². The minimum atomic E-state index is -0.594. The number of ether oxygens (including phenoxy) is 4. The number of carbonyl (C=O) groups excluding carboxylic acids is 2. The van der Waals surface area contributed by atoms with Gasteiger partial charge in [0.15, 0.2) is 18.1 Å². The molecule has 1 aromatic carbocycles. The number of aryl methyl sites for hydroxylation is 1. The molecule has 290 valence electrons. The van der Waals surface area contributed by atoms with Gasteiger partial charge in [-0.1, -0.05) is 35.5 Å². The standard InChI is InChI=1S/C38H48ClN7O7S/c1-23-35(43-28(20-47)33(41-23)45-15-11-38(12-16-45)22-52-24(2)32(38)44-36(49)53-37(3,4)5)54-29-10-14-46-19-27(42-34(46)31(29)39)25-8-7-9-26(18-25)51-21-30(48)40-13-17-50-6/h7-10,14,18-19,24,32,47H,11-13,15-17,20-22H2,1-6H3,(H,40,48)(H,44,49)/t24-,32+/m0/s1. The zero-order chi connectivity index (χ0) is 38.6. The first-order valence-corrected chi connectivity index (χ1v) is 19.2. The van der Waals surface area contributed by atoms with Gasteiger partial charge in [0.2, 0.25) is 0 Å². The maximum absolute atomic E-state index is 12.7. The molecule has 4 aromatic rings. The van der Waals surface area contributed by atoms with E-state index in [4.69, 9.17) is 45.5 Å². The number of amides is 2. The molecule has 2 fully saturated rings. The monoisotopic (exact) mass is 781 g/mol.